The second kappa shape index (κ2) is 3.89. The molecular weight excluding hydrogens is 110 g/mol. The Hall–Kier alpha value is -0.0400. The Morgan fingerprint density at radius 3 is 1.67 bits per heavy atom. The number of rotatable bonds is 3. The summed E-state index contributed by atoms with van der Waals surface area (Å²) in [5, 5.41) is 0. The Labute approximate surface area is 59.1 Å². The summed E-state index contributed by atoms with van der Waals surface area (Å²) in [7, 11) is 4.29. The van der Waals surface area contributed by atoms with Crippen molar-refractivity contribution in [3.05, 3.63) is 0 Å². The molecule has 0 aromatic rings. The van der Waals surface area contributed by atoms with Crippen LogP contribution in [-0.2, 0) is 0 Å². The Kier molecular flexibility index (Phi) is 3.87. The van der Waals surface area contributed by atoms with Crippen molar-refractivity contribution in [2.75, 3.05) is 14.1 Å². The normalized spacial score (nSPS) is 15.0. The van der Waals surface area contributed by atoms with Gasteiger partial charge < -0.3 is 4.90 Å². The molecule has 0 radical (unpaired) electrons. The van der Waals surface area contributed by atoms with E-state index in [1.807, 2.05) is 0 Å². The molecule has 0 N–H and O–H groups in total. The quantitative estimate of drug-likeness (QED) is 0.563. The monoisotopic (exact) mass is 129 g/mol. The van der Waals surface area contributed by atoms with Gasteiger partial charge in [0.2, 0.25) is 0 Å². The van der Waals surface area contributed by atoms with Crippen molar-refractivity contribution in [2.24, 2.45) is 5.92 Å². The summed E-state index contributed by atoms with van der Waals surface area (Å²) in [4.78, 5) is 2.30. The smallest absolute Gasteiger partial charge is 0.0109 e. The molecule has 0 aromatic heterocycles. The first kappa shape index (κ1) is 8.96. The summed E-state index contributed by atoms with van der Waals surface area (Å²) in [6.45, 7) is 6.78. The lowest BCUT2D eigenvalue weighted by Gasteiger charge is -2.26. The van der Waals surface area contributed by atoms with E-state index in [0.717, 1.165) is 12.0 Å². The number of hydrogen-bond donors (Lipinski definition) is 0. The Morgan fingerprint density at radius 2 is 1.67 bits per heavy atom. The van der Waals surface area contributed by atoms with Crippen LogP contribution >= 0.6 is 0 Å². The van der Waals surface area contributed by atoms with Crippen molar-refractivity contribution in [3.63, 3.8) is 0 Å². The maximum atomic E-state index is 2.30. The van der Waals surface area contributed by atoms with E-state index in [1.165, 1.54) is 6.42 Å². The minimum Gasteiger partial charge on any atom is -0.306 e. The number of hydrogen-bond acceptors (Lipinski definition) is 1. The van der Waals surface area contributed by atoms with Gasteiger partial charge in [-0.05, 0) is 26.4 Å². The maximum absolute atomic E-state index is 2.30. The van der Waals surface area contributed by atoms with Crippen molar-refractivity contribution in [2.45, 2.75) is 33.2 Å². The van der Waals surface area contributed by atoms with Crippen LogP contribution in [0.4, 0.5) is 0 Å². The summed E-state index contributed by atoms with van der Waals surface area (Å²) in [6, 6.07) is 0.755. The van der Waals surface area contributed by atoms with Crippen molar-refractivity contribution in [1.29, 1.82) is 0 Å². The highest BCUT2D eigenvalue weighted by Gasteiger charge is 2.11. The van der Waals surface area contributed by atoms with E-state index in [-0.39, 0.29) is 0 Å². The van der Waals surface area contributed by atoms with Gasteiger partial charge in [0.1, 0.15) is 0 Å². The predicted molar refractivity (Wildman–Crippen MR) is 42.6 cm³/mol. The molecule has 0 amide bonds. The Morgan fingerprint density at radius 1 is 1.22 bits per heavy atom. The van der Waals surface area contributed by atoms with Gasteiger partial charge in [-0.2, -0.15) is 0 Å². The van der Waals surface area contributed by atoms with Gasteiger partial charge >= 0.3 is 0 Å². The fraction of sp³-hybridized carbons (Fsp3) is 1.00. The molecule has 1 nitrogen and oxygen atoms in total. The van der Waals surface area contributed by atoms with E-state index in [4.69, 9.17) is 0 Å². The van der Waals surface area contributed by atoms with Crippen LogP contribution in [0.25, 0.3) is 0 Å². The molecule has 0 rings (SSSR count). The fourth-order valence-corrected chi connectivity index (χ4v) is 1.43. The summed E-state index contributed by atoms with van der Waals surface area (Å²) in [5.74, 6) is 0.782. The predicted octanol–water partition coefficient (Wildman–Crippen LogP) is 1.98. The molecule has 0 aliphatic carbocycles. The van der Waals surface area contributed by atoms with Crippen LogP contribution in [-0.4, -0.2) is 25.0 Å². The van der Waals surface area contributed by atoms with Gasteiger partial charge in [-0.15, -0.1) is 0 Å². The Balaban J connectivity index is 3.68. The average Bonchev–Trinajstić information content (AvgIpc) is 1.64. The summed E-state index contributed by atoms with van der Waals surface area (Å²) >= 11 is 0. The fourth-order valence-electron chi connectivity index (χ4n) is 1.43. The molecule has 0 saturated heterocycles. The molecule has 0 aliphatic rings. The van der Waals surface area contributed by atoms with Crippen molar-refractivity contribution in [3.8, 4) is 0 Å². The molecule has 56 valence electrons. The van der Waals surface area contributed by atoms with Gasteiger partial charge in [-0.25, -0.2) is 0 Å². The van der Waals surface area contributed by atoms with Gasteiger partial charge in [-0.3, -0.25) is 0 Å². The zero-order valence-corrected chi connectivity index (χ0v) is 7.31. The molecule has 0 bridgehead atoms. The van der Waals surface area contributed by atoms with Gasteiger partial charge in [0, 0.05) is 6.04 Å². The Bertz CT molecular complexity index is 59.0. The molecule has 0 aromatic carbocycles. The molecule has 0 saturated carbocycles. The van der Waals surface area contributed by atoms with Crippen molar-refractivity contribution < 1.29 is 0 Å². The summed E-state index contributed by atoms with van der Waals surface area (Å²) in [5.41, 5.74) is 0. The average molecular weight is 129 g/mol. The van der Waals surface area contributed by atoms with Crippen LogP contribution in [0.2, 0.25) is 0 Å². The van der Waals surface area contributed by atoms with E-state index in [2.05, 4.69) is 39.8 Å². The van der Waals surface area contributed by atoms with E-state index in [9.17, 15) is 0 Å². The minimum absolute atomic E-state index is 0.755. The van der Waals surface area contributed by atoms with Crippen LogP contribution in [0.3, 0.4) is 0 Å². The molecule has 0 fully saturated rings. The van der Waals surface area contributed by atoms with E-state index >= 15 is 0 Å². The maximum Gasteiger partial charge on any atom is 0.0109 e. The van der Waals surface area contributed by atoms with Crippen LogP contribution in [0.15, 0.2) is 0 Å². The highest BCUT2D eigenvalue weighted by molar-refractivity contribution is 4.66. The minimum atomic E-state index is 0.755. The van der Waals surface area contributed by atoms with Crippen molar-refractivity contribution >= 4 is 0 Å². The molecule has 0 heterocycles. The van der Waals surface area contributed by atoms with Gasteiger partial charge in [-0.1, -0.05) is 20.8 Å². The molecule has 9 heavy (non-hydrogen) atoms. The molecule has 1 heteroatoms. The zero-order chi connectivity index (χ0) is 7.44. The molecule has 0 aliphatic heterocycles. The summed E-state index contributed by atoms with van der Waals surface area (Å²) in [6.07, 6.45) is 1.25. The first-order valence-corrected chi connectivity index (χ1v) is 3.76. The lowest BCUT2D eigenvalue weighted by atomic mass is 10.0. The van der Waals surface area contributed by atoms with Gasteiger partial charge in [0.05, 0.1) is 0 Å². The third-order valence-electron chi connectivity index (χ3n) is 1.85. The largest absolute Gasteiger partial charge is 0.306 e. The highest BCUT2D eigenvalue weighted by atomic mass is 15.1. The molecule has 1 atom stereocenters. The van der Waals surface area contributed by atoms with Crippen LogP contribution < -0.4 is 0 Å². The second-order valence-corrected chi connectivity index (χ2v) is 3.18. The molecule has 0 spiro atoms. The second-order valence-electron chi connectivity index (χ2n) is 3.18. The lowest BCUT2D eigenvalue weighted by molar-refractivity contribution is 0.225. The van der Waals surface area contributed by atoms with Crippen LogP contribution in [0.5, 0.6) is 0 Å². The standard InChI is InChI=1S/C8H19N/c1-6-8(7(2)3)9(4)5/h7-8H,6H2,1-5H3/t8-/m0/s1. The van der Waals surface area contributed by atoms with E-state index < -0.39 is 0 Å². The third-order valence-corrected chi connectivity index (χ3v) is 1.85. The lowest BCUT2D eigenvalue weighted by Crippen LogP contribution is -2.31. The van der Waals surface area contributed by atoms with E-state index in [0.29, 0.717) is 0 Å². The zero-order valence-electron chi connectivity index (χ0n) is 7.31. The molecule has 0 unspecified atom stereocenters. The summed E-state index contributed by atoms with van der Waals surface area (Å²) < 4.78 is 0. The first-order valence-electron chi connectivity index (χ1n) is 3.76. The third kappa shape index (κ3) is 2.85. The van der Waals surface area contributed by atoms with Gasteiger partial charge in [0.15, 0.2) is 0 Å². The van der Waals surface area contributed by atoms with Crippen LogP contribution in [0, 0.1) is 5.92 Å². The highest BCUT2D eigenvalue weighted by Crippen LogP contribution is 2.09. The topological polar surface area (TPSA) is 3.24 Å². The van der Waals surface area contributed by atoms with Crippen LogP contribution in [0.1, 0.15) is 27.2 Å². The first-order chi connectivity index (χ1) is 4.09. The van der Waals surface area contributed by atoms with Gasteiger partial charge in [0.25, 0.3) is 0 Å². The molecular formula is C8H19N. The SMILES string of the molecule is CC[C@@H](C(C)C)N(C)C. The number of nitrogens with zero attached hydrogens (tertiary/aromatic N) is 1. The van der Waals surface area contributed by atoms with Crippen molar-refractivity contribution in [1.82, 2.24) is 4.90 Å². The van der Waals surface area contributed by atoms with E-state index in [1.54, 1.807) is 0 Å².